The molecule has 2 aromatic carbocycles. The zero-order chi connectivity index (χ0) is 16.1. The molecule has 1 N–H and O–H groups in total. The Labute approximate surface area is 142 Å². The zero-order valence-electron chi connectivity index (χ0n) is 13.4. The monoisotopic (exact) mass is 326 g/mol. The maximum Gasteiger partial charge on any atom is 0.241 e. The van der Waals surface area contributed by atoms with Gasteiger partial charge in [-0.05, 0) is 57.1 Å². The van der Waals surface area contributed by atoms with Crippen molar-refractivity contribution in [3.8, 4) is 0 Å². The minimum Gasteiger partial charge on any atom is -0.324 e. The second-order valence-electron chi connectivity index (χ2n) is 5.82. The Bertz CT molecular complexity index is 653. The van der Waals surface area contributed by atoms with E-state index in [1.165, 1.54) is 17.7 Å². The smallest absolute Gasteiger partial charge is 0.241 e. The molecule has 1 saturated heterocycles. The lowest BCUT2D eigenvalue weighted by molar-refractivity contribution is -0.120. The van der Waals surface area contributed by atoms with Crippen LogP contribution in [-0.2, 0) is 4.79 Å². The van der Waals surface area contributed by atoms with Crippen LogP contribution in [0.5, 0.6) is 0 Å². The lowest BCUT2D eigenvalue weighted by Gasteiger charge is -2.23. The Hall–Kier alpha value is -1.78. The molecule has 0 saturated carbocycles. The van der Waals surface area contributed by atoms with Gasteiger partial charge in [0.05, 0.1) is 11.7 Å². The van der Waals surface area contributed by atoms with Gasteiger partial charge < -0.3 is 5.32 Å². The first kappa shape index (κ1) is 16.1. The number of para-hydroxylation sites is 1. The standard InChI is InChI=1S/C19H22N2OS/c1-15(21-13-7-8-14-21)19(22)20-17-11-5-6-12-18(17)23-16-9-3-2-4-10-16/h2-6,9-12,15H,7-8,13-14H2,1H3,(H,20,22)/t15-/m0/s1. The van der Waals surface area contributed by atoms with Crippen LogP contribution in [0, 0.1) is 0 Å². The molecule has 2 aromatic rings. The highest BCUT2D eigenvalue weighted by atomic mass is 32.2. The van der Waals surface area contributed by atoms with Crippen molar-refractivity contribution in [3.63, 3.8) is 0 Å². The number of hydrogen-bond donors (Lipinski definition) is 1. The maximum absolute atomic E-state index is 12.5. The summed E-state index contributed by atoms with van der Waals surface area (Å²) in [6, 6.07) is 18.1. The fourth-order valence-corrected chi connectivity index (χ4v) is 3.73. The average Bonchev–Trinajstić information content (AvgIpc) is 3.11. The van der Waals surface area contributed by atoms with Gasteiger partial charge in [0.2, 0.25) is 5.91 Å². The molecule has 0 aromatic heterocycles. The van der Waals surface area contributed by atoms with Crippen molar-refractivity contribution in [3.05, 3.63) is 54.6 Å². The largest absolute Gasteiger partial charge is 0.324 e. The van der Waals surface area contributed by atoms with Gasteiger partial charge in [-0.1, -0.05) is 42.1 Å². The summed E-state index contributed by atoms with van der Waals surface area (Å²) in [6.07, 6.45) is 2.39. The van der Waals surface area contributed by atoms with Crippen LogP contribution < -0.4 is 5.32 Å². The molecule has 23 heavy (non-hydrogen) atoms. The van der Waals surface area contributed by atoms with Crippen molar-refractivity contribution < 1.29 is 4.79 Å². The minimum atomic E-state index is -0.0766. The summed E-state index contributed by atoms with van der Waals surface area (Å²) in [5.41, 5.74) is 0.886. The lowest BCUT2D eigenvalue weighted by atomic mass is 10.2. The summed E-state index contributed by atoms with van der Waals surface area (Å²) in [7, 11) is 0. The fraction of sp³-hybridized carbons (Fsp3) is 0.316. The third-order valence-electron chi connectivity index (χ3n) is 4.18. The van der Waals surface area contributed by atoms with Gasteiger partial charge in [-0.3, -0.25) is 9.69 Å². The first-order chi connectivity index (χ1) is 11.2. The van der Waals surface area contributed by atoms with Crippen LogP contribution in [0.15, 0.2) is 64.4 Å². The number of nitrogens with one attached hydrogen (secondary N) is 1. The van der Waals surface area contributed by atoms with Crippen molar-refractivity contribution in [2.24, 2.45) is 0 Å². The third-order valence-corrected chi connectivity index (χ3v) is 5.27. The summed E-state index contributed by atoms with van der Waals surface area (Å²) in [4.78, 5) is 17.0. The molecule has 120 valence electrons. The zero-order valence-corrected chi connectivity index (χ0v) is 14.2. The van der Waals surface area contributed by atoms with Crippen LogP contribution in [-0.4, -0.2) is 29.9 Å². The maximum atomic E-state index is 12.5. The molecule has 1 aliphatic heterocycles. The van der Waals surface area contributed by atoms with E-state index >= 15 is 0 Å². The SMILES string of the molecule is C[C@@H](C(=O)Nc1ccccc1Sc1ccccc1)N1CCCC1. The molecular formula is C19H22N2OS. The van der Waals surface area contributed by atoms with Crippen molar-refractivity contribution in [1.29, 1.82) is 0 Å². The number of carbonyl (C=O) groups is 1. The summed E-state index contributed by atoms with van der Waals surface area (Å²) in [5, 5.41) is 3.11. The molecule has 1 aliphatic rings. The molecule has 1 heterocycles. The molecular weight excluding hydrogens is 304 g/mol. The van der Waals surface area contributed by atoms with Crippen molar-refractivity contribution in [2.45, 2.75) is 35.6 Å². The van der Waals surface area contributed by atoms with Crippen molar-refractivity contribution >= 4 is 23.4 Å². The Morgan fingerprint density at radius 2 is 1.70 bits per heavy atom. The molecule has 0 spiro atoms. The van der Waals surface area contributed by atoms with E-state index in [0.29, 0.717) is 0 Å². The van der Waals surface area contributed by atoms with Gasteiger partial charge in [0.1, 0.15) is 0 Å². The molecule has 0 aliphatic carbocycles. The highest BCUT2D eigenvalue weighted by molar-refractivity contribution is 7.99. The van der Waals surface area contributed by atoms with E-state index < -0.39 is 0 Å². The van der Waals surface area contributed by atoms with E-state index in [1.54, 1.807) is 11.8 Å². The predicted octanol–water partition coefficient (Wildman–Crippen LogP) is 4.26. The molecule has 0 bridgehead atoms. The minimum absolute atomic E-state index is 0.0766. The van der Waals surface area contributed by atoms with E-state index in [4.69, 9.17) is 0 Å². The Morgan fingerprint density at radius 3 is 2.43 bits per heavy atom. The van der Waals surface area contributed by atoms with E-state index in [9.17, 15) is 4.79 Å². The van der Waals surface area contributed by atoms with E-state index in [-0.39, 0.29) is 11.9 Å². The fourth-order valence-electron chi connectivity index (χ4n) is 2.81. The molecule has 0 unspecified atom stereocenters. The number of anilines is 1. The van der Waals surface area contributed by atoms with Crippen LogP contribution in [0.25, 0.3) is 0 Å². The number of likely N-dealkylation sites (tertiary alicyclic amines) is 1. The van der Waals surface area contributed by atoms with Gasteiger partial charge >= 0.3 is 0 Å². The normalized spacial score (nSPS) is 16.2. The second kappa shape index (κ2) is 7.66. The number of hydrogen-bond acceptors (Lipinski definition) is 3. The van der Waals surface area contributed by atoms with Crippen molar-refractivity contribution in [2.75, 3.05) is 18.4 Å². The molecule has 3 nitrogen and oxygen atoms in total. The molecule has 4 heteroatoms. The first-order valence-corrected chi connectivity index (χ1v) is 8.92. The Balaban J connectivity index is 1.71. The second-order valence-corrected chi connectivity index (χ2v) is 6.93. The molecule has 3 rings (SSSR count). The average molecular weight is 326 g/mol. The van der Waals surface area contributed by atoms with Gasteiger partial charge in [-0.2, -0.15) is 0 Å². The number of rotatable bonds is 5. The van der Waals surface area contributed by atoms with Crippen molar-refractivity contribution in [1.82, 2.24) is 4.90 Å². The van der Waals surface area contributed by atoms with E-state index in [2.05, 4.69) is 22.3 Å². The third kappa shape index (κ3) is 4.15. The van der Waals surface area contributed by atoms with Gasteiger partial charge in [0.25, 0.3) is 0 Å². The van der Waals surface area contributed by atoms with E-state index in [0.717, 1.165) is 23.7 Å². The lowest BCUT2D eigenvalue weighted by Crippen LogP contribution is -2.40. The van der Waals surface area contributed by atoms with E-state index in [1.807, 2.05) is 49.4 Å². The van der Waals surface area contributed by atoms with Crippen LogP contribution >= 0.6 is 11.8 Å². The highest BCUT2D eigenvalue weighted by Gasteiger charge is 2.24. The van der Waals surface area contributed by atoms with Gasteiger partial charge in [0.15, 0.2) is 0 Å². The van der Waals surface area contributed by atoms with Gasteiger partial charge in [-0.15, -0.1) is 0 Å². The summed E-state index contributed by atoms with van der Waals surface area (Å²) in [6.45, 7) is 4.04. The van der Waals surface area contributed by atoms with Crippen LogP contribution in [0.4, 0.5) is 5.69 Å². The van der Waals surface area contributed by atoms with Crippen LogP contribution in [0.2, 0.25) is 0 Å². The highest BCUT2D eigenvalue weighted by Crippen LogP contribution is 2.33. The summed E-state index contributed by atoms with van der Waals surface area (Å²) < 4.78 is 0. The topological polar surface area (TPSA) is 32.3 Å². The predicted molar refractivity (Wildman–Crippen MR) is 95.9 cm³/mol. The van der Waals surface area contributed by atoms with Gasteiger partial charge in [0, 0.05) is 9.79 Å². The summed E-state index contributed by atoms with van der Waals surface area (Å²) in [5.74, 6) is 0.0769. The Morgan fingerprint density at radius 1 is 1.04 bits per heavy atom. The first-order valence-electron chi connectivity index (χ1n) is 8.11. The molecule has 0 radical (unpaired) electrons. The number of amides is 1. The number of benzene rings is 2. The summed E-state index contributed by atoms with van der Waals surface area (Å²) >= 11 is 1.67. The molecule has 1 fully saturated rings. The Kier molecular flexibility index (Phi) is 5.36. The van der Waals surface area contributed by atoms with Crippen LogP contribution in [0.1, 0.15) is 19.8 Å². The molecule has 1 atom stereocenters. The number of carbonyl (C=O) groups excluding carboxylic acids is 1. The number of nitrogens with zero attached hydrogens (tertiary/aromatic N) is 1. The quantitative estimate of drug-likeness (QED) is 0.891. The van der Waals surface area contributed by atoms with Gasteiger partial charge in [-0.25, -0.2) is 0 Å². The molecule has 1 amide bonds. The van der Waals surface area contributed by atoms with Crippen LogP contribution in [0.3, 0.4) is 0 Å².